The number of primary amides is 1. The molecule has 1 fully saturated rings. The second-order valence-corrected chi connectivity index (χ2v) is 6.47. The summed E-state index contributed by atoms with van der Waals surface area (Å²) in [5.41, 5.74) is 7.87. The van der Waals surface area contributed by atoms with E-state index < -0.39 is 5.91 Å². The van der Waals surface area contributed by atoms with Gasteiger partial charge in [0.15, 0.2) is 0 Å². The molecule has 2 atom stereocenters. The van der Waals surface area contributed by atoms with E-state index in [2.05, 4.69) is 38.1 Å². The van der Waals surface area contributed by atoms with Gasteiger partial charge in [0.25, 0.3) is 5.91 Å². The smallest absolute Gasteiger partial charge is 0.286 e. The number of para-hydroxylation sites is 1. The molecule has 1 spiro atoms. The molecule has 8 heteroatoms. The lowest BCUT2D eigenvalue weighted by Gasteiger charge is -2.22. The van der Waals surface area contributed by atoms with Crippen molar-refractivity contribution in [1.82, 2.24) is 15.3 Å². The van der Waals surface area contributed by atoms with E-state index in [4.69, 9.17) is 5.73 Å². The van der Waals surface area contributed by atoms with Gasteiger partial charge in [-0.05, 0) is 18.1 Å². The summed E-state index contributed by atoms with van der Waals surface area (Å²) in [7, 11) is 0. The standard InChI is InChI=1S/C17H18N6O2/c18-14(24)15-19-6-10(7-20-15)23-16(25)13-5-17(9-22-13)8-21-12-4-2-1-3-11(12)17/h1-4,6-7,13,21-22H,5,8-9H2,(H2,18,24)(H,23,25). The van der Waals surface area contributed by atoms with E-state index in [0.29, 0.717) is 12.1 Å². The van der Waals surface area contributed by atoms with Gasteiger partial charge in [-0.2, -0.15) is 0 Å². The van der Waals surface area contributed by atoms with Gasteiger partial charge in [0.1, 0.15) is 0 Å². The summed E-state index contributed by atoms with van der Waals surface area (Å²) >= 11 is 0. The van der Waals surface area contributed by atoms with E-state index in [1.165, 1.54) is 18.0 Å². The molecule has 8 nitrogen and oxygen atoms in total. The summed E-state index contributed by atoms with van der Waals surface area (Å²) in [6, 6.07) is 7.91. The first-order chi connectivity index (χ1) is 12.1. The lowest BCUT2D eigenvalue weighted by Crippen LogP contribution is -2.35. The van der Waals surface area contributed by atoms with Gasteiger partial charge in [-0.15, -0.1) is 0 Å². The van der Waals surface area contributed by atoms with E-state index in [-0.39, 0.29) is 23.2 Å². The molecule has 2 amide bonds. The summed E-state index contributed by atoms with van der Waals surface area (Å²) in [4.78, 5) is 31.2. The Balaban J connectivity index is 1.45. The normalized spacial score (nSPS) is 23.9. The van der Waals surface area contributed by atoms with Crippen LogP contribution in [0.5, 0.6) is 0 Å². The van der Waals surface area contributed by atoms with Crippen LogP contribution in [0, 0.1) is 0 Å². The first-order valence-corrected chi connectivity index (χ1v) is 8.07. The first-order valence-electron chi connectivity index (χ1n) is 8.07. The van der Waals surface area contributed by atoms with Gasteiger partial charge in [-0.25, -0.2) is 9.97 Å². The number of aromatic nitrogens is 2. The van der Waals surface area contributed by atoms with Crippen molar-refractivity contribution in [3.05, 3.63) is 48.0 Å². The zero-order valence-electron chi connectivity index (χ0n) is 13.5. The fourth-order valence-electron chi connectivity index (χ4n) is 3.59. The average Bonchev–Trinajstić information content (AvgIpc) is 3.21. The molecular formula is C17H18N6O2. The third kappa shape index (κ3) is 2.70. The summed E-state index contributed by atoms with van der Waals surface area (Å²) in [6.45, 7) is 1.56. The summed E-state index contributed by atoms with van der Waals surface area (Å²) in [6.07, 6.45) is 3.47. The SMILES string of the molecule is NC(=O)c1ncc(NC(=O)C2CC3(CNc4ccccc43)CN2)cn1. The minimum absolute atomic E-state index is 0.0646. The summed E-state index contributed by atoms with van der Waals surface area (Å²) in [5.74, 6) is -0.925. The third-order valence-electron chi connectivity index (χ3n) is 4.85. The lowest BCUT2D eigenvalue weighted by molar-refractivity contribution is -0.117. The molecule has 128 valence electrons. The molecule has 25 heavy (non-hydrogen) atoms. The van der Waals surface area contributed by atoms with Crippen molar-refractivity contribution in [2.45, 2.75) is 17.9 Å². The molecule has 1 aromatic heterocycles. The number of hydrogen-bond acceptors (Lipinski definition) is 6. The van der Waals surface area contributed by atoms with Gasteiger partial charge in [0.2, 0.25) is 11.7 Å². The molecule has 0 radical (unpaired) electrons. The third-order valence-corrected chi connectivity index (χ3v) is 4.85. The highest BCUT2D eigenvalue weighted by Gasteiger charge is 2.46. The summed E-state index contributed by atoms with van der Waals surface area (Å²) in [5, 5.41) is 9.52. The van der Waals surface area contributed by atoms with Crippen LogP contribution >= 0.6 is 0 Å². The Labute approximate surface area is 144 Å². The van der Waals surface area contributed by atoms with Gasteiger partial charge in [-0.3, -0.25) is 9.59 Å². The molecule has 5 N–H and O–H groups in total. The highest BCUT2D eigenvalue weighted by molar-refractivity contribution is 5.95. The van der Waals surface area contributed by atoms with Crippen molar-refractivity contribution < 1.29 is 9.59 Å². The van der Waals surface area contributed by atoms with Crippen molar-refractivity contribution in [3.63, 3.8) is 0 Å². The van der Waals surface area contributed by atoms with E-state index in [1.54, 1.807) is 0 Å². The van der Waals surface area contributed by atoms with Crippen LogP contribution in [-0.4, -0.2) is 40.9 Å². The van der Waals surface area contributed by atoms with Gasteiger partial charge >= 0.3 is 0 Å². The van der Waals surface area contributed by atoms with Crippen molar-refractivity contribution >= 4 is 23.2 Å². The van der Waals surface area contributed by atoms with Gasteiger partial charge < -0.3 is 21.7 Å². The fourth-order valence-corrected chi connectivity index (χ4v) is 3.59. The Morgan fingerprint density at radius 3 is 2.72 bits per heavy atom. The monoisotopic (exact) mass is 338 g/mol. The van der Waals surface area contributed by atoms with E-state index >= 15 is 0 Å². The Bertz CT molecular complexity index is 837. The maximum atomic E-state index is 12.5. The van der Waals surface area contributed by atoms with Crippen molar-refractivity contribution in [3.8, 4) is 0 Å². The Hall–Kier alpha value is -3.00. The molecule has 3 heterocycles. The number of anilines is 2. The Morgan fingerprint density at radius 1 is 1.20 bits per heavy atom. The molecule has 0 bridgehead atoms. The predicted molar refractivity (Wildman–Crippen MR) is 92.2 cm³/mol. The first kappa shape index (κ1) is 15.5. The molecule has 0 aliphatic carbocycles. The minimum atomic E-state index is -0.704. The van der Waals surface area contributed by atoms with Crippen LogP contribution in [0.15, 0.2) is 36.7 Å². The van der Waals surface area contributed by atoms with Crippen LogP contribution in [0.4, 0.5) is 11.4 Å². The second kappa shape index (κ2) is 5.82. The highest BCUT2D eigenvalue weighted by atomic mass is 16.2. The van der Waals surface area contributed by atoms with Gasteiger partial charge in [0, 0.05) is 24.2 Å². The van der Waals surface area contributed by atoms with E-state index in [9.17, 15) is 9.59 Å². The highest BCUT2D eigenvalue weighted by Crippen LogP contribution is 2.42. The minimum Gasteiger partial charge on any atom is -0.384 e. The molecule has 1 saturated heterocycles. The number of fused-ring (bicyclic) bond motifs is 2. The van der Waals surface area contributed by atoms with Crippen LogP contribution in [-0.2, 0) is 10.2 Å². The Kier molecular flexibility index (Phi) is 3.61. The maximum absolute atomic E-state index is 12.5. The number of rotatable bonds is 3. The molecule has 2 aromatic rings. The van der Waals surface area contributed by atoms with Crippen LogP contribution < -0.4 is 21.7 Å². The molecule has 2 unspecified atom stereocenters. The summed E-state index contributed by atoms with van der Waals surface area (Å²) < 4.78 is 0. The number of nitrogens with two attached hydrogens (primary N) is 1. The maximum Gasteiger partial charge on any atom is 0.286 e. The number of carbonyl (C=O) groups is 2. The fraction of sp³-hybridized carbons (Fsp3) is 0.294. The molecule has 4 rings (SSSR count). The van der Waals surface area contributed by atoms with Crippen LogP contribution in [0.1, 0.15) is 22.6 Å². The number of nitrogens with zero attached hydrogens (tertiary/aromatic N) is 2. The Morgan fingerprint density at radius 2 is 1.96 bits per heavy atom. The lowest BCUT2D eigenvalue weighted by atomic mass is 9.80. The number of benzene rings is 1. The molecule has 0 saturated carbocycles. The largest absolute Gasteiger partial charge is 0.384 e. The van der Waals surface area contributed by atoms with Crippen molar-refractivity contribution in [2.24, 2.45) is 5.73 Å². The molecule has 2 aliphatic heterocycles. The zero-order valence-corrected chi connectivity index (χ0v) is 13.5. The van der Waals surface area contributed by atoms with Crippen molar-refractivity contribution in [2.75, 3.05) is 23.7 Å². The quantitative estimate of drug-likeness (QED) is 0.636. The second-order valence-electron chi connectivity index (χ2n) is 6.47. The topological polar surface area (TPSA) is 122 Å². The van der Waals surface area contributed by atoms with Crippen LogP contribution in [0.25, 0.3) is 0 Å². The molecule has 2 aliphatic rings. The zero-order chi connectivity index (χ0) is 17.4. The number of amides is 2. The van der Waals surface area contributed by atoms with E-state index in [0.717, 1.165) is 18.8 Å². The number of hydrogen-bond donors (Lipinski definition) is 4. The van der Waals surface area contributed by atoms with Gasteiger partial charge in [0.05, 0.1) is 24.1 Å². The van der Waals surface area contributed by atoms with E-state index in [1.807, 2.05) is 12.1 Å². The van der Waals surface area contributed by atoms with Crippen LogP contribution in [0.3, 0.4) is 0 Å². The van der Waals surface area contributed by atoms with Gasteiger partial charge in [-0.1, -0.05) is 18.2 Å². The molecular weight excluding hydrogens is 320 g/mol. The van der Waals surface area contributed by atoms with Crippen LogP contribution in [0.2, 0.25) is 0 Å². The predicted octanol–water partition coefficient (Wildman–Crippen LogP) is 0.239. The molecule has 1 aromatic carbocycles. The number of carbonyl (C=O) groups excluding carboxylic acids is 2. The van der Waals surface area contributed by atoms with Crippen molar-refractivity contribution in [1.29, 1.82) is 0 Å². The average molecular weight is 338 g/mol. The number of nitrogens with one attached hydrogen (secondary N) is 3.